The lowest BCUT2D eigenvalue weighted by molar-refractivity contribution is -0.124. The molecule has 2 aromatic carbocycles. The maximum Gasteiger partial charge on any atom is 0.256 e. The molecule has 2 aromatic rings. The van der Waals surface area contributed by atoms with Gasteiger partial charge in [-0.2, -0.15) is 0 Å². The van der Waals surface area contributed by atoms with Crippen LogP contribution in [0.5, 0.6) is 11.5 Å². The number of thiocarbonyl (C=S) groups is 1. The SMILES string of the molecule is COc1ccc(NC(=O)C[C@@H]2C(=O)N(c3cccc(OC)c3)C(=S)N2CCCN2CCN(C)CC2)cc1. The van der Waals surface area contributed by atoms with Crippen molar-refractivity contribution in [1.82, 2.24) is 14.7 Å². The van der Waals surface area contributed by atoms with Crippen LogP contribution in [0.15, 0.2) is 48.5 Å². The van der Waals surface area contributed by atoms with Crippen molar-refractivity contribution >= 4 is 40.5 Å². The number of anilines is 2. The molecule has 9 nitrogen and oxygen atoms in total. The molecule has 2 saturated heterocycles. The van der Waals surface area contributed by atoms with E-state index in [2.05, 4.69) is 22.2 Å². The largest absolute Gasteiger partial charge is 0.497 e. The number of rotatable bonds is 10. The number of hydrogen-bond donors (Lipinski definition) is 1. The second-order valence-corrected chi connectivity index (χ2v) is 9.71. The van der Waals surface area contributed by atoms with E-state index in [1.165, 1.54) is 4.90 Å². The number of piperazine rings is 1. The number of likely N-dealkylation sites (N-methyl/N-ethyl adjacent to an activating group) is 1. The molecule has 2 heterocycles. The fourth-order valence-electron chi connectivity index (χ4n) is 4.67. The number of nitrogens with zero attached hydrogens (tertiary/aromatic N) is 4. The van der Waals surface area contributed by atoms with Crippen molar-refractivity contribution in [1.29, 1.82) is 0 Å². The second kappa shape index (κ2) is 12.4. The molecular weight excluding hydrogens is 490 g/mol. The van der Waals surface area contributed by atoms with Crippen LogP contribution in [0.3, 0.4) is 0 Å². The molecule has 198 valence electrons. The molecule has 0 aliphatic carbocycles. The lowest BCUT2D eigenvalue weighted by atomic mass is 10.1. The summed E-state index contributed by atoms with van der Waals surface area (Å²) in [7, 11) is 5.31. The van der Waals surface area contributed by atoms with Crippen molar-refractivity contribution in [3.63, 3.8) is 0 Å². The number of nitrogens with one attached hydrogen (secondary N) is 1. The Hall–Kier alpha value is -3.21. The van der Waals surface area contributed by atoms with E-state index in [0.717, 1.165) is 39.1 Å². The third-order valence-electron chi connectivity index (χ3n) is 6.85. The van der Waals surface area contributed by atoms with Crippen molar-refractivity contribution in [3.8, 4) is 11.5 Å². The number of amides is 2. The fourth-order valence-corrected chi connectivity index (χ4v) is 5.09. The lowest BCUT2D eigenvalue weighted by Gasteiger charge is -2.33. The van der Waals surface area contributed by atoms with Crippen LogP contribution >= 0.6 is 12.2 Å². The lowest BCUT2D eigenvalue weighted by Crippen LogP contribution is -2.45. The zero-order valence-electron chi connectivity index (χ0n) is 21.7. The van der Waals surface area contributed by atoms with Crippen LogP contribution in [-0.4, -0.2) is 98.2 Å². The van der Waals surface area contributed by atoms with Gasteiger partial charge < -0.3 is 29.5 Å². The summed E-state index contributed by atoms with van der Waals surface area (Å²) in [5.74, 6) is 0.885. The monoisotopic (exact) mass is 525 g/mol. The molecule has 0 unspecified atom stereocenters. The number of carbonyl (C=O) groups excluding carboxylic acids is 2. The maximum atomic E-state index is 13.6. The predicted octanol–water partition coefficient (Wildman–Crippen LogP) is 2.67. The quantitative estimate of drug-likeness (QED) is 0.475. The normalized spacial score (nSPS) is 18.8. The Labute approximate surface area is 223 Å². The third kappa shape index (κ3) is 6.57. The Balaban J connectivity index is 1.47. The number of ether oxygens (including phenoxy) is 2. The van der Waals surface area contributed by atoms with E-state index in [1.54, 1.807) is 44.6 Å². The first kappa shape index (κ1) is 26.8. The summed E-state index contributed by atoms with van der Waals surface area (Å²) >= 11 is 5.80. The zero-order valence-corrected chi connectivity index (χ0v) is 22.5. The molecule has 0 radical (unpaired) electrons. The molecule has 0 bridgehead atoms. The van der Waals surface area contributed by atoms with Crippen molar-refractivity contribution in [2.75, 3.05) is 70.8 Å². The Kier molecular flexibility index (Phi) is 8.96. The number of carbonyl (C=O) groups is 2. The molecular formula is C27H35N5O4S. The molecule has 2 amide bonds. The maximum absolute atomic E-state index is 13.6. The zero-order chi connectivity index (χ0) is 26.4. The van der Waals surface area contributed by atoms with Crippen molar-refractivity contribution < 1.29 is 19.1 Å². The van der Waals surface area contributed by atoms with E-state index in [9.17, 15) is 9.59 Å². The number of hydrogen-bond acceptors (Lipinski definition) is 7. The van der Waals surface area contributed by atoms with Crippen molar-refractivity contribution in [2.45, 2.75) is 18.9 Å². The standard InChI is InChI=1S/C27H35N5O4S/c1-29-14-16-30(17-15-29)12-5-13-31-24(19-25(33)28-20-8-10-22(35-2)11-9-20)26(34)32(27(31)37)21-6-4-7-23(18-21)36-3/h4,6-11,18,24H,5,12-17,19H2,1-3H3,(H,28,33)/t24-/m1/s1. The molecule has 1 N–H and O–H groups in total. The summed E-state index contributed by atoms with van der Waals surface area (Å²) in [4.78, 5) is 34.8. The molecule has 0 aromatic heterocycles. The minimum atomic E-state index is -0.676. The summed E-state index contributed by atoms with van der Waals surface area (Å²) < 4.78 is 10.5. The second-order valence-electron chi connectivity index (χ2n) is 9.35. The topological polar surface area (TPSA) is 77.6 Å². The van der Waals surface area contributed by atoms with E-state index >= 15 is 0 Å². The molecule has 0 spiro atoms. The highest BCUT2D eigenvalue weighted by Crippen LogP contribution is 2.30. The summed E-state index contributed by atoms with van der Waals surface area (Å²) in [5, 5.41) is 3.31. The van der Waals surface area contributed by atoms with Crippen LogP contribution in [0.25, 0.3) is 0 Å². The van der Waals surface area contributed by atoms with Crippen LogP contribution in [0.2, 0.25) is 0 Å². The van der Waals surface area contributed by atoms with E-state index < -0.39 is 6.04 Å². The van der Waals surface area contributed by atoms with Gasteiger partial charge in [-0.3, -0.25) is 14.5 Å². The molecule has 0 saturated carbocycles. The average molecular weight is 526 g/mol. The van der Waals surface area contributed by atoms with Crippen LogP contribution in [0, 0.1) is 0 Å². The average Bonchev–Trinajstić information content (AvgIpc) is 3.14. The number of benzene rings is 2. The first-order chi connectivity index (χ1) is 17.9. The van der Waals surface area contributed by atoms with Gasteiger partial charge in [-0.1, -0.05) is 6.07 Å². The van der Waals surface area contributed by atoms with Gasteiger partial charge in [0.25, 0.3) is 5.91 Å². The first-order valence-corrected chi connectivity index (χ1v) is 12.9. The van der Waals surface area contributed by atoms with Gasteiger partial charge in [0.15, 0.2) is 5.11 Å². The smallest absolute Gasteiger partial charge is 0.256 e. The fraction of sp³-hybridized carbons (Fsp3) is 0.444. The summed E-state index contributed by atoms with van der Waals surface area (Å²) in [5.41, 5.74) is 1.28. The van der Waals surface area contributed by atoms with Gasteiger partial charge in [0.05, 0.1) is 26.3 Å². The van der Waals surface area contributed by atoms with Crippen molar-refractivity contribution in [3.05, 3.63) is 48.5 Å². The van der Waals surface area contributed by atoms with Gasteiger partial charge in [-0.05, 0) is 68.6 Å². The van der Waals surface area contributed by atoms with Crippen LogP contribution < -0.4 is 19.7 Å². The predicted molar refractivity (Wildman–Crippen MR) is 148 cm³/mol. The molecule has 2 aliphatic heterocycles. The first-order valence-electron chi connectivity index (χ1n) is 12.5. The van der Waals surface area contributed by atoms with E-state index in [1.807, 2.05) is 23.1 Å². The molecule has 4 rings (SSSR count). The highest BCUT2D eigenvalue weighted by molar-refractivity contribution is 7.80. The molecule has 37 heavy (non-hydrogen) atoms. The summed E-state index contributed by atoms with van der Waals surface area (Å²) in [6.45, 7) is 5.69. The van der Waals surface area contributed by atoms with Gasteiger partial charge in [0.2, 0.25) is 5.91 Å². The van der Waals surface area contributed by atoms with E-state index in [-0.39, 0.29) is 18.2 Å². The Morgan fingerprint density at radius 1 is 1.00 bits per heavy atom. The third-order valence-corrected chi connectivity index (χ3v) is 7.27. The van der Waals surface area contributed by atoms with Gasteiger partial charge in [0, 0.05) is 44.5 Å². The van der Waals surface area contributed by atoms with Gasteiger partial charge in [0.1, 0.15) is 17.5 Å². The van der Waals surface area contributed by atoms with Crippen molar-refractivity contribution in [2.24, 2.45) is 0 Å². The van der Waals surface area contributed by atoms with Gasteiger partial charge in [-0.15, -0.1) is 0 Å². The minimum absolute atomic E-state index is 0.0000198. The van der Waals surface area contributed by atoms with Crippen LogP contribution in [0.1, 0.15) is 12.8 Å². The molecule has 2 aliphatic rings. The molecule has 1 atom stereocenters. The van der Waals surface area contributed by atoms with Crippen LogP contribution in [0.4, 0.5) is 11.4 Å². The molecule has 10 heteroatoms. The van der Waals surface area contributed by atoms with E-state index in [4.69, 9.17) is 21.7 Å². The van der Waals surface area contributed by atoms with Crippen LogP contribution in [-0.2, 0) is 9.59 Å². The molecule has 2 fully saturated rings. The van der Waals surface area contributed by atoms with Gasteiger partial charge in [-0.25, -0.2) is 0 Å². The Morgan fingerprint density at radius 2 is 1.70 bits per heavy atom. The highest BCUT2D eigenvalue weighted by atomic mass is 32.1. The van der Waals surface area contributed by atoms with E-state index in [0.29, 0.717) is 34.5 Å². The number of methoxy groups -OCH3 is 2. The van der Waals surface area contributed by atoms with Gasteiger partial charge >= 0.3 is 0 Å². The highest BCUT2D eigenvalue weighted by Gasteiger charge is 2.44. The summed E-state index contributed by atoms with van der Waals surface area (Å²) in [6.07, 6.45) is 0.847. The summed E-state index contributed by atoms with van der Waals surface area (Å²) in [6, 6.07) is 13.7. The Bertz CT molecular complexity index is 1100. The minimum Gasteiger partial charge on any atom is -0.497 e. The Morgan fingerprint density at radius 3 is 2.38 bits per heavy atom.